The Labute approximate surface area is 238 Å². The third-order valence-corrected chi connectivity index (χ3v) is 6.05. The number of methoxy groups -OCH3 is 1. The van der Waals surface area contributed by atoms with Gasteiger partial charge in [-0.2, -0.15) is 26.3 Å². The molecule has 2 aromatic carbocycles. The van der Waals surface area contributed by atoms with E-state index < -0.39 is 66.2 Å². The number of amides is 2. The van der Waals surface area contributed by atoms with Crippen molar-refractivity contribution < 1.29 is 45.8 Å². The lowest BCUT2D eigenvalue weighted by Gasteiger charge is -2.22. The van der Waals surface area contributed by atoms with Crippen molar-refractivity contribution in [2.45, 2.75) is 37.6 Å². The van der Waals surface area contributed by atoms with Crippen LogP contribution in [-0.2, 0) is 33.6 Å². The van der Waals surface area contributed by atoms with Crippen molar-refractivity contribution in [3.8, 4) is 11.4 Å². The van der Waals surface area contributed by atoms with E-state index in [-0.39, 0.29) is 29.6 Å². The molecule has 0 saturated heterocycles. The number of aromatic nitrogens is 3. The van der Waals surface area contributed by atoms with Gasteiger partial charge in [-0.1, -0.05) is 29.8 Å². The Morgan fingerprint density at radius 1 is 1.07 bits per heavy atom. The molecule has 42 heavy (non-hydrogen) atoms. The third kappa shape index (κ3) is 8.10. The maximum atomic E-state index is 13.7. The summed E-state index contributed by atoms with van der Waals surface area (Å²) in [6.07, 6.45) is -13.0. The number of carbonyl (C=O) groups excluding carboxylic acids is 2. The first-order valence-corrected chi connectivity index (χ1v) is 12.4. The summed E-state index contributed by atoms with van der Waals surface area (Å²) >= 11 is 5.85. The molecule has 0 aliphatic heterocycles. The second-order valence-electron chi connectivity index (χ2n) is 8.81. The number of nitrogens with zero attached hydrogens (tertiary/aromatic N) is 3. The number of benzene rings is 2. The lowest BCUT2D eigenvalue weighted by molar-refractivity contribution is -0.207. The van der Waals surface area contributed by atoms with Crippen LogP contribution in [-0.4, -0.2) is 63.8 Å². The number of alkyl halides is 6. The van der Waals surface area contributed by atoms with E-state index in [2.05, 4.69) is 15.7 Å². The Kier molecular flexibility index (Phi) is 10.4. The molecule has 10 nitrogen and oxygen atoms in total. The third-order valence-electron chi connectivity index (χ3n) is 5.80. The first kappa shape index (κ1) is 32.6. The number of aliphatic hydroxyl groups is 1. The van der Waals surface area contributed by atoms with Gasteiger partial charge in [0.15, 0.2) is 11.9 Å². The molecular formula is C25H24ClF6N5O5. The molecule has 0 aliphatic rings. The molecule has 0 saturated carbocycles. The van der Waals surface area contributed by atoms with E-state index in [9.17, 15) is 45.8 Å². The van der Waals surface area contributed by atoms with Gasteiger partial charge in [0.1, 0.15) is 12.6 Å². The molecule has 2 amide bonds. The Bertz CT molecular complexity index is 1460. The van der Waals surface area contributed by atoms with Gasteiger partial charge in [0.25, 0.3) is 0 Å². The van der Waals surface area contributed by atoms with E-state index in [1.165, 1.54) is 37.4 Å². The fraction of sp³-hybridized carbons (Fsp3) is 0.360. The molecule has 0 fully saturated rings. The van der Waals surface area contributed by atoms with Crippen molar-refractivity contribution in [2.24, 2.45) is 0 Å². The number of halogens is 7. The second kappa shape index (κ2) is 13.4. The summed E-state index contributed by atoms with van der Waals surface area (Å²) in [5, 5.41) is 18.2. The summed E-state index contributed by atoms with van der Waals surface area (Å²) in [4.78, 5) is 38.8. The van der Waals surface area contributed by atoms with Gasteiger partial charge in [0, 0.05) is 24.2 Å². The van der Waals surface area contributed by atoms with E-state index in [0.717, 1.165) is 12.1 Å². The summed E-state index contributed by atoms with van der Waals surface area (Å²) in [5.74, 6) is -2.54. The monoisotopic (exact) mass is 623 g/mol. The first-order chi connectivity index (χ1) is 19.6. The number of carbonyl (C=O) groups is 2. The van der Waals surface area contributed by atoms with Crippen LogP contribution in [0.2, 0.25) is 5.02 Å². The van der Waals surface area contributed by atoms with E-state index in [4.69, 9.17) is 16.3 Å². The van der Waals surface area contributed by atoms with E-state index in [1.54, 1.807) is 0 Å². The van der Waals surface area contributed by atoms with E-state index in [1.807, 2.05) is 0 Å². The molecule has 0 aliphatic carbocycles. The lowest BCUT2D eigenvalue weighted by atomic mass is 9.99. The average molecular weight is 624 g/mol. The molecule has 1 aromatic heterocycles. The molecule has 3 rings (SSSR count). The van der Waals surface area contributed by atoms with Gasteiger partial charge in [0.2, 0.25) is 11.8 Å². The molecular weight excluding hydrogens is 600 g/mol. The van der Waals surface area contributed by atoms with Crippen LogP contribution in [0.5, 0.6) is 0 Å². The molecule has 0 spiro atoms. The zero-order chi connectivity index (χ0) is 31.2. The number of rotatable bonds is 11. The van der Waals surface area contributed by atoms with Crippen LogP contribution in [0.15, 0.2) is 53.3 Å². The highest BCUT2D eigenvalue weighted by atomic mass is 35.5. The van der Waals surface area contributed by atoms with Gasteiger partial charge in [0.05, 0.1) is 18.7 Å². The number of hydrogen-bond acceptors (Lipinski definition) is 6. The molecule has 3 N–H and O–H groups in total. The Morgan fingerprint density at radius 2 is 1.71 bits per heavy atom. The minimum absolute atomic E-state index is 0.0113. The molecule has 1 unspecified atom stereocenters. The summed E-state index contributed by atoms with van der Waals surface area (Å²) in [6, 6.07) is 7.53. The summed E-state index contributed by atoms with van der Waals surface area (Å²) < 4.78 is 86.1. The Hall–Kier alpha value is -3.89. The maximum absolute atomic E-state index is 13.7. The SMILES string of the molecule is COCCNC(=O)C(NC(=O)Cn1nc(-c2ccc(Cl)cc2)n(C[C@H](O)C(F)(F)F)c1=O)c1ccccc1C(F)(F)F. The highest BCUT2D eigenvalue weighted by Crippen LogP contribution is 2.34. The predicted molar refractivity (Wildman–Crippen MR) is 136 cm³/mol. The van der Waals surface area contributed by atoms with E-state index in [0.29, 0.717) is 15.3 Å². The standard InChI is InChI=1S/C25H24ClF6N5O5/c1-42-11-10-33-22(40)20(16-4-2-3-5-17(16)24(27,28)29)34-19(39)13-37-23(41)36(12-18(38)25(30,31)32)21(35-37)14-6-8-15(26)9-7-14/h2-9,18,20,38H,10-13H2,1H3,(H,33,40)(H,34,39)/t18-,20?/m0/s1. The summed E-state index contributed by atoms with van der Waals surface area (Å²) in [6.45, 7) is -2.36. The molecule has 3 aromatic rings. The number of hydrogen-bond donors (Lipinski definition) is 3. The molecule has 17 heteroatoms. The average Bonchev–Trinajstić information content (AvgIpc) is 3.21. The topological polar surface area (TPSA) is 127 Å². The van der Waals surface area contributed by atoms with Crippen molar-refractivity contribution >= 4 is 23.4 Å². The van der Waals surface area contributed by atoms with Crippen LogP contribution in [0.4, 0.5) is 26.3 Å². The van der Waals surface area contributed by atoms with Crippen molar-refractivity contribution in [3.05, 3.63) is 75.2 Å². The van der Waals surface area contributed by atoms with Crippen LogP contribution in [0.3, 0.4) is 0 Å². The van der Waals surface area contributed by atoms with Gasteiger partial charge < -0.3 is 20.5 Å². The number of ether oxygens (including phenoxy) is 1. The fourth-order valence-electron chi connectivity index (χ4n) is 3.81. The maximum Gasteiger partial charge on any atom is 0.416 e. The quantitative estimate of drug-likeness (QED) is 0.223. The fourth-order valence-corrected chi connectivity index (χ4v) is 3.94. The van der Waals surface area contributed by atoms with Gasteiger partial charge in [-0.15, -0.1) is 5.10 Å². The van der Waals surface area contributed by atoms with Crippen LogP contribution >= 0.6 is 11.6 Å². The molecule has 2 atom stereocenters. The van der Waals surface area contributed by atoms with Crippen molar-refractivity contribution in [1.29, 1.82) is 0 Å². The minimum Gasteiger partial charge on any atom is -0.383 e. The van der Waals surface area contributed by atoms with Crippen LogP contribution in [0, 0.1) is 0 Å². The van der Waals surface area contributed by atoms with Gasteiger partial charge in [-0.3, -0.25) is 14.2 Å². The first-order valence-electron chi connectivity index (χ1n) is 12.0. The Balaban J connectivity index is 1.98. The van der Waals surface area contributed by atoms with Crippen molar-refractivity contribution in [1.82, 2.24) is 25.0 Å². The lowest BCUT2D eigenvalue weighted by Crippen LogP contribution is -2.44. The molecule has 0 radical (unpaired) electrons. The zero-order valence-corrected chi connectivity index (χ0v) is 22.4. The number of aliphatic hydroxyl groups excluding tert-OH is 1. The van der Waals surface area contributed by atoms with Gasteiger partial charge in [-0.25, -0.2) is 9.48 Å². The Morgan fingerprint density at radius 3 is 2.31 bits per heavy atom. The molecule has 228 valence electrons. The second-order valence-corrected chi connectivity index (χ2v) is 9.24. The van der Waals surface area contributed by atoms with Gasteiger partial charge >= 0.3 is 18.0 Å². The van der Waals surface area contributed by atoms with Gasteiger partial charge in [-0.05, 0) is 35.9 Å². The minimum atomic E-state index is -5.09. The van der Waals surface area contributed by atoms with Crippen LogP contribution < -0.4 is 16.3 Å². The zero-order valence-electron chi connectivity index (χ0n) is 21.7. The predicted octanol–water partition coefficient (Wildman–Crippen LogP) is 2.93. The summed E-state index contributed by atoms with van der Waals surface area (Å²) in [7, 11) is 1.33. The molecule has 1 heterocycles. The van der Waals surface area contributed by atoms with Crippen LogP contribution in [0.25, 0.3) is 11.4 Å². The largest absolute Gasteiger partial charge is 0.416 e. The molecule has 0 bridgehead atoms. The summed E-state index contributed by atoms with van der Waals surface area (Å²) in [5.41, 5.74) is -2.93. The highest BCUT2D eigenvalue weighted by molar-refractivity contribution is 6.30. The van der Waals surface area contributed by atoms with Crippen LogP contribution in [0.1, 0.15) is 17.2 Å². The normalized spacial score (nSPS) is 13.5. The smallest absolute Gasteiger partial charge is 0.383 e. The van der Waals surface area contributed by atoms with Crippen molar-refractivity contribution in [2.75, 3.05) is 20.3 Å². The van der Waals surface area contributed by atoms with Crippen molar-refractivity contribution in [3.63, 3.8) is 0 Å². The highest BCUT2D eigenvalue weighted by Gasteiger charge is 2.40. The number of nitrogens with one attached hydrogen (secondary N) is 2. The van der Waals surface area contributed by atoms with E-state index >= 15 is 0 Å².